The van der Waals surface area contributed by atoms with E-state index in [2.05, 4.69) is 0 Å². The van der Waals surface area contributed by atoms with Crippen molar-refractivity contribution in [1.29, 1.82) is 0 Å². The van der Waals surface area contributed by atoms with E-state index in [1.807, 2.05) is 31.2 Å². The first-order chi connectivity index (χ1) is 9.50. The van der Waals surface area contributed by atoms with E-state index < -0.39 is 12.0 Å². The van der Waals surface area contributed by atoms with Gasteiger partial charge >= 0.3 is 5.97 Å². The molecule has 3 N–H and O–H groups in total. The van der Waals surface area contributed by atoms with E-state index >= 15 is 0 Å². The second kappa shape index (κ2) is 6.05. The van der Waals surface area contributed by atoms with Gasteiger partial charge in [0.25, 0.3) is 0 Å². The van der Waals surface area contributed by atoms with Gasteiger partial charge in [-0.1, -0.05) is 18.2 Å². The fourth-order valence-electron chi connectivity index (χ4n) is 2.59. The van der Waals surface area contributed by atoms with Crippen LogP contribution in [-0.4, -0.2) is 29.1 Å². The first kappa shape index (κ1) is 14.5. The third-order valence-corrected chi connectivity index (χ3v) is 3.58. The maximum absolute atomic E-state index is 12.3. The van der Waals surface area contributed by atoms with Crippen LogP contribution in [0.4, 0.5) is 5.69 Å². The molecule has 1 unspecified atom stereocenters. The molecule has 20 heavy (non-hydrogen) atoms. The fraction of sp³-hybridized carbons (Fsp3) is 0.467. The molecule has 0 spiro atoms. The number of hydrogen-bond donors (Lipinski definition) is 2. The number of carbonyl (C=O) groups excluding carboxylic acids is 1. The average Bonchev–Trinajstić information content (AvgIpc) is 2.77. The molecule has 5 nitrogen and oxygen atoms in total. The Morgan fingerprint density at radius 2 is 2.15 bits per heavy atom. The van der Waals surface area contributed by atoms with Gasteiger partial charge in [-0.3, -0.25) is 9.69 Å². The second-order valence-corrected chi connectivity index (χ2v) is 5.32. The summed E-state index contributed by atoms with van der Waals surface area (Å²) < 4.78 is 0. The Morgan fingerprint density at radius 1 is 1.45 bits per heavy atom. The summed E-state index contributed by atoms with van der Waals surface area (Å²) in [7, 11) is 0. The summed E-state index contributed by atoms with van der Waals surface area (Å²) in [5, 5.41) is 9.30. The van der Waals surface area contributed by atoms with Crippen molar-refractivity contribution in [2.24, 2.45) is 5.73 Å². The summed E-state index contributed by atoms with van der Waals surface area (Å²) in [6, 6.07) is 6.65. The number of fused-ring (bicyclic) bond motifs is 1. The lowest BCUT2D eigenvalue weighted by Crippen LogP contribution is -2.42. The zero-order valence-electron chi connectivity index (χ0n) is 11.6. The van der Waals surface area contributed by atoms with Gasteiger partial charge < -0.3 is 10.8 Å². The molecule has 1 aliphatic rings. The van der Waals surface area contributed by atoms with E-state index in [0.29, 0.717) is 19.3 Å². The number of para-hydroxylation sites is 1. The number of rotatable bonds is 5. The molecule has 1 heterocycles. The Morgan fingerprint density at radius 3 is 2.80 bits per heavy atom. The van der Waals surface area contributed by atoms with Crippen molar-refractivity contribution in [3.8, 4) is 0 Å². The van der Waals surface area contributed by atoms with Crippen molar-refractivity contribution in [3.05, 3.63) is 29.8 Å². The number of carbonyl (C=O) groups is 2. The lowest BCUT2D eigenvalue weighted by Gasteiger charge is -2.22. The smallest absolute Gasteiger partial charge is 0.327 e. The lowest BCUT2D eigenvalue weighted by molar-refractivity contribution is -0.139. The molecular formula is C15H20N2O3. The zero-order valence-corrected chi connectivity index (χ0v) is 11.6. The van der Waals surface area contributed by atoms with Gasteiger partial charge in [-0.25, -0.2) is 4.79 Å². The van der Waals surface area contributed by atoms with Crippen LogP contribution in [0.25, 0.3) is 0 Å². The highest BCUT2D eigenvalue weighted by Crippen LogP contribution is 2.32. The van der Waals surface area contributed by atoms with Gasteiger partial charge in [0.1, 0.15) is 6.04 Å². The van der Waals surface area contributed by atoms with Gasteiger partial charge in [-0.05, 0) is 31.4 Å². The van der Waals surface area contributed by atoms with Gasteiger partial charge in [0.2, 0.25) is 5.91 Å². The standard InChI is InChI=1S/C15H20N2O3/c1-10(16)5-4-8-14(18)17-12-7-3-2-6-11(12)9-13(17)15(19)20/h2-3,6-7,10,13H,4-5,8-9,16H2,1H3,(H,19,20)/t10?,13-/m0/s1. The molecule has 108 valence electrons. The maximum Gasteiger partial charge on any atom is 0.327 e. The largest absolute Gasteiger partial charge is 0.480 e. The molecule has 0 fully saturated rings. The van der Waals surface area contributed by atoms with Crippen LogP contribution in [0.2, 0.25) is 0 Å². The van der Waals surface area contributed by atoms with Gasteiger partial charge in [-0.15, -0.1) is 0 Å². The molecule has 0 bridgehead atoms. The molecular weight excluding hydrogens is 256 g/mol. The summed E-state index contributed by atoms with van der Waals surface area (Å²) >= 11 is 0. The zero-order chi connectivity index (χ0) is 14.7. The predicted octanol–water partition coefficient (Wildman–Crippen LogP) is 1.55. The molecule has 1 aromatic carbocycles. The van der Waals surface area contributed by atoms with E-state index in [1.54, 1.807) is 0 Å². The van der Waals surface area contributed by atoms with Crippen LogP contribution in [0.1, 0.15) is 31.7 Å². The Labute approximate surface area is 118 Å². The normalized spacial score (nSPS) is 18.7. The minimum atomic E-state index is -0.957. The number of aliphatic carboxylic acids is 1. The highest BCUT2D eigenvalue weighted by atomic mass is 16.4. The van der Waals surface area contributed by atoms with Gasteiger partial charge in [0, 0.05) is 24.6 Å². The molecule has 0 aromatic heterocycles. The van der Waals surface area contributed by atoms with E-state index in [-0.39, 0.29) is 11.9 Å². The Kier molecular flexibility index (Phi) is 4.39. The number of benzene rings is 1. The maximum atomic E-state index is 12.3. The average molecular weight is 276 g/mol. The molecule has 1 aromatic rings. The lowest BCUT2D eigenvalue weighted by atomic mass is 10.1. The number of hydrogen-bond acceptors (Lipinski definition) is 3. The number of nitrogens with two attached hydrogens (primary N) is 1. The van der Waals surface area contributed by atoms with Crippen LogP contribution in [0.3, 0.4) is 0 Å². The van der Waals surface area contributed by atoms with E-state index in [1.165, 1.54) is 4.90 Å². The number of carboxylic acids is 1. The Hall–Kier alpha value is -1.88. The first-order valence-electron chi connectivity index (χ1n) is 6.89. The van der Waals surface area contributed by atoms with E-state index in [9.17, 15) is 14.7 Å². The van der Waals surface area contributed by atoms with Crippen LogP contribution in [-0.2, 0) is 16.0 Å². The van der Waals surface area contributed by atoms with Gasteiger partial charge in [0.05, 0.1) is 0 Å². The van der Waals surface area contributed by atoms with Crippen molar-refractivity contribution >= 4 is 17.6 Å². The second-order valence-electron chi connectivity index (χ2n) is 5.32. The predicted molar refractivity (Wildman–Crippen MR) is 76.6 cm³/mol. The van der Waals surface area contributed by atoms with E-state index in [0.717, 1.165) is 17.7 Å². The summed E-state index contributed by atoms with van der Waals surface area (Å²) in [5.41, 5.74) is 7.31. The molecule has 1 aliphatic heterocycles. The molecule has 0 saturated heterocycles. The number of carboxylic acid groups (broad SMARTS) is 1. The van der Waals surface area contributed by atoms with Crippen LogP contribution >= 0.6 is 0 Å². The highest BCUT2D eigenvalue weighted by Gasteiger charge is 2.37. The third-order valence-electron chi connectivity index (χ3n) is 3.58. The highest BCUT2D eigenvalue weighted by molar-refractivity contribution is 6.01. The van der Waals surface area contributed by atoms with E-state index in [4.69, 9.17) is 5.73 Å². The van der Waals surface area contributed by atoms with Gasteiger partial charge in [-0.2, -0.15) is 0 Å². The minimum Gasteiger partial charge on any atom is -0.480 e. The fourth-order valence-corrected chi connectivity index (χ4v) is 2.59. The molecule has 2 atom stereocenters. The van der Waals surface area contributed by atoms with Crippen LogP contribution in [0, 0.1) is 0 Å². The monoisotopic (exact) mass is 276 g/mol. The Balaban J connectivity index is 2.14. The molecule has 2 rings (SSSR count). The summed E-state index contributed by atoms with van der Waals surface area (Å²) in [6.45, 7) is 1.90. The van der Waals surface area contributed by atoms with Crippen molar-refractivity contribution in [2.75, 3.05) is 4.90 Å². The molecule has 0 aliphatic carbocycles. The minimum absolute atomic E-state index is 0.0592. The Bertz CT molecular complexity index is 514. The van der Waals surface area contributed by atoms with Crippen molar-refractivity contribution in [3.63, 3.8) is 0 Å². The van der Waals surface area contributed by atoms with Crippen LogP contribution in [0.5, 0.6) is 0 Å². The number of nitrogens with zero attached hydrogens (tertiary/aromatic N) is 1. The number of anilines is 1. The van der Waals surface area contributed by atoms with Crippen LogP contribution < -0.4 is 10.6 Å². The topological polar surface area (TPSA) is 83.6 Å². The number of amides is 1. The summed E-state index contributed by atoms with van der Waals surface area (Å²) in [4.78, 5) is 25.1. The van der Waals surface area contributed by atoms with Crippen molar-refractivity contribution < 1.29 is 14.7 Å². The summed E-state index contributed by atoms with van der Waals surface area (Å²) in [6.07, 6.45) is 2.16. The SMILES string of the molecule is CC(N)CCCC(=O)N1c2ccccc2C[C@H]1C(=O)O. The summed E-state index contributed by atoms with van der Waals surface area (Å²) in [5.74, 6) is -1.09. The van der Waals surface area contributed by atoms with Gasteiger partial charge in [0.15, 0.2) is 0 Å². The van der Waals surface area contributed by atoms with Crippen molar-refractivity contribution in [1.82, 2.24) is 0 Å². The quantitative estimate of drug-likeness (QED) is 0.854. The molecule has 0 saturated carbocycles. The van der Waals surface area contributed by atoms with Crippen LogP contribution in [0.15, 0.2) is 24.3 Å². The first-order valence-corrected chi connectivity index (χ1v) is 6.89. The third kappa shape index (κ3) is 2.99. The van der Waals surface area contributed by atoms with Crippen molar-refractivity contribution in [2.45, 2.75) is 44.7 Å². The molecule has 1 amide bonds. The molecule has 5 heteroatoms. The molecule has 0 radical (unpaired) electrons.